The maximum absolute atomic E-state index is 11.3. The number of aryl methyl sites for hydroxylation is 3. The summed E-state index contributed by atoms with van der Waals surface area (Å²) in [4.78, 5) is 20.7. The van der Waals surface area contributed by atoms with E-state index in [0.29, 0.717) is 21.1 Å². The summed E-state index contributed by atoms with van der Waals surface area (Å²) in [6.07, 6.45) is 1.44. The van der Waals surface area contributed by atoms with Crippen LogP contribution in [0.5, 0.6) is 0 Å². The van der Waals surface area contributed by atoms with Crippen molar-refractivity contribution in [2.75, 3.05) is 0 Å². The SMILES string of the molecule is Cc1cc(C)n(-c2ncnc3sc(C(=O)O)c(C)c23)n1. The van der Waals surface area contributed by atoms with E-state index in [2.05, 4.69) is 15.1 Å². The fraction of sp³-hybridized carbons (Fsp3) is 0.231. The third-order valence-corrected chi connectivity index (χ3v) is 4.30. The number of carboxylic acids is 1. The summed E-state index contributed by atoms with van der Waals surface area (Å²) in [5.74, 6) is -0.313. The van der Waals surface area contributed by atoms with Crippen LogP contribution in [0.15, 0.2) is 12.4 Å². The van der Waals surface area contributed by atoms with Gasteiger partial charge in [0.1, 0.15) is 16.0 Å². The maximum atomic E-state index is 11.3. The van der Waals surface area contributed by atoms with Crippen LogP contribution < -0.4 is 0 Å². The highest BCUT2D eigenvalue weighted by Gasteiger charge is 2.20. The highest BCUT2D eigenvalue weighted by molar-refractivity contribution is 7.20. The second-order valence-corrected chi connectivity index (χ2v) is 5.58. The summed E-state index contributed by atoms with van der Waals surface area (Å²) in [6.45, 7) is 5.62. The summed E-state index contributed by atoms with van der Waals surface area (Å²) in [7, 11) is 0. The molecule has 3 aromatic heterocycles. The minimum absolute atomic E-state index is 0.295. The predicted octanol–water partition coefficient (Wildman–Crippen LogP) is 2.50. The average molecular weight is 288 g/mol. The van der Waals surface area contributed by atoms with Crippen LogP contribution in [0.25, 0.3) is 16.0 Å². The number of hydrogen-bond donors (Lipinski definition) is 1. The number of carbonyl (C=O) groups is 1. The van der Waals surface area contributed by atoms with Crippen LogP contribution in [0.2, 0.25) is 0 Å². The fourth-order valence-corrected chi connectivity index (χ4v) is 3.24. The number of aromatic nitrogens is 4. The zero-order valence-corrected chi connectivity index (χ0v) is 12.0. The number of hydrogen-bond acceptors (Lipinski definition) is 5. The Morgan fingerprint density at radius 3 is 2.65 bits per heavy atom. The summed E-state index contributed by atoms with van der Waals surface area (Å²) in [5.41, 5.74) is 2.52. The maximum Gasteiger partial charge on any atom is 0.346 e. The molecule has 0 unspecified atom stereocenters. The van der Waals surface area contributed by atoms with Gasteiger partial charge in [-0.2, -0.15) is 5.10 Å². The summed E-state index contributed by atoms with van der Waals surface area (Å²) in [5, 5.41) is 14.4. The Balaban J connectivity index is 2.37. The lowest BCUT2D eigenvalue weighted by Gasteiger charge is -2.05. The smallest absolute Gasteiger partial charge is 0.346 e. The van der Waals surface area contributed by atoms with E-state index in [-0.39, 0.29) is 0 Å². The fourth-order valence-electron chi connectivity index (χ4n) is 2.26. The minimum Gasteiger partial charge on any atom is -0.477 e. The van der Waals surface area contributed by atoms with Crippen LogP contribution in [-0.2, 0) is 0 Å². The molecule has 3 aromatic rings. The van der Waals surface area contributed by atoms with Crippen molar-refractivity contribution in [3.05, 3.63) is 34.2 Å². The Kier molecular flexibility index (Phi) is 2.79. The molecule has 0 amide bonds. The van der Waals surface area contributed by atoms with Gasteiger partial charge in [0.25, 0.3) is 0 Å². The van der Waals surface area contributed by atoms with Gasteiger partial charge in [0.05, 0.1) is 11.1 Å². The molecule has 0 spiro atoms. The van der Waals surface area contributed by atoms with Crippen molar-refractivity contribution in [3.8, 4) is 5.82 Å². The van der Waals surface area contributed by atoms with E-state index < -0.39 is 5.97 Å². The first-order valence-electron chi connectivity index (χ1n) is 6.00. The van der Waals surface area contributed by atoms with E-state index in [4.69, 9.17) is 0 Å². The molecule has 102 valence electrons. The molecule has 0 aliphatic carbocycles. The van der Waals surface area contributed by atoms with Gasteiger partial charge < -0.3 is 5.11 Å². The lowest BCUT2D eigenvalue weighted by atomic mass is 10.2. The van der Waals surface area contributed by atoms with Gasteiger partial charge >= 0.3 is 5.97 Å². The predicted molar refractivity (Wildman–Crippen MR) is 75.7 cm³/mol. The van der Waals surface area contributed by atoms with Crippen molar-refractivity contribution >= 4 is 27.5 Å². The third-order valence-electron chi connectivity index (χ3n) is 3.11. The van der Waals surface area contributed by atoms with Crippen LogP contribution in [0.1, 0.15) is 26.6 Å². The quantitative estimate of drug-likeness (QED) is 0.783. The number of carboxylic acid groups (broad SMARTS) is 1. The second-order valence-electron chi connectivity index (χ2n) is 4.58. The van der Waals surface area contributed by atoms with Crippen LogP contribution in [0, 0.1) is 20.8 Å². The number of fused-ring (bicyclic) bond motifs is 1. The topological polar surface area (TPSA) is 80.9 Å². The molecule has 3 rings (SSSR count). The lowest BCUT2D eigenvalue weighted by Crippen LogP contribution is -2.03. The summed E-state index contributed by atoms with van der Waals surface area (Å²) >= 11 is 1.16. The highest BCUT2D eigenvalue weighted by atomic mass is 32.1. The van der Waals surface area contributed by atoms with E-state index in [0.717, 1.165) is 28.1 Å². The Labute approximate surface area is 118 Å². The van der Waals surface area contributed by atoms with Gasteiger partial charge in [-0.1, -0.05) is 0 Å². The Morgan fingerprint density at radius 1 is 1.30 bits per heavy atom. The Hall–Kier alpha value is -2.28. The molecule has 3 heterocycles. The van der Waals surface area contributed by atoms with E-state index in [1.54, 1.807) is 11.6 Å². The summed E-state index contributed by atoms with van der Waals surface area (Å²) < 4.78 is 1.73. The molecule has 1 N–H and O–H groups in total. The van der Waals surface area contributed by atoms with Crippen LogP contribution in [-0.4, -0.2) is 30.8 Å². The van der Waals surface area contributed by atoms with E-state index in [9.17, 15) is 9.90 Å². The van der Waals surface area contributed by atoms with E-state index in [1.165, 1.54) is 6.33 Å². The third kappa shape index (κ3) is 1.78. The molecule has 0 saturated heterocycles. The zero-order valence-electron chi connectivity index (χ0n) is 11.2. The molecule has 0 fully saturated rings. The van der Waals surface area contributed by atoms with Gasteiger partial charge in [0.15, 0.2) is 5.82 Å². The van der Waals surface area contributed by atoms with Crippen LogP contribution in [0.4, 0.5) is 0 Å². The number of nitrogens with zero attached hydrogens (tertiary/aromatic N) is 4. The number of thiophene rings is 1. The Morgan fingerprint density at radius 2 is 2.05 bits per heavy atom. The van der Waals surface area contributed by atoms with E-state index in [1.807, 2.05) is 19.9 Å². The molecule has 0 aliphatic rings. The number of rotatable bonds is 2. The molecule has 0 radical (unpaired) electrons. The van der Waals surface area contributed by atoms with Gasteiger partial charge in [0, 0.05) is 5.69 Å². The van der Waals surface area contributed by atoms with Crippen molar-refractivity contribution in [1.29, 1.82) is 0 Å². The van der Waals surface area contributed by atoms with Crippen molar-refractivity contribution in [2.24, 2.45) is 0 Å². The zero-order chi connectivity index (χ0) is 14.4. The second kappa shape index (κ2) is 4.38. The van der Waals surface area contributed by atoms with Gasteiger partial charge in [-0.05, 0) is 32.4 Å². The Bertz CT molecular complexity index is 834. The molecule has 20 heavy (non-hydrogen) atoms. The molecule has 0 bridgehead atoms. The first-order valence-corrected chi connectivity index (χ1v) is 6.81. The normalized spacial score (nSPS) is 11.2. The number of aromatic carboxylic acids is 1. The molecule has 0 aliphatic heterocycles. The molecule has 0 saturated carbocycles. The first kappa shape index (κ1) is 12.7. The molecule has 7 heteroatoms. The molecular weight excluding hydrogens is 276 g/mol. The van der Waals surface area contributed by atoms with Crippen molar-refractivity contribution < 1.29 is 9.90 Å². The minimum atomic E-state index is -0.940. The van der Waals surface area contributed by atoms with Gasteiger partial charge in [-0.15, -0.1) is 11.3 Å². The highest BCUT2D eigenvalue weighted by Crippen LogP contribution is 2.32. The first-order chi connectivity index (χ1) is 9.49. The average Bonchev–Trinajstić information content (AvgIpc) is 2.90. The summed E-state index contributed by atoms with van der Waals surface area (Å²) in [6, 6.07) is 1.95. The molecular formula is C13H12N4O2S. The largest absolute Gasteiger partial charge is 0.477 e. The molecule has 6 nitrogen and oxygen atoms in total. The van der Waals surface area contributed by atoms with Gasteiger partial charge in [0.2, 0.25) is 0 Å². The van der Waals surface area contributed by atoms with Crippen LogP contribution in [0.3, 0.4) is 0 Å². The van der Waals surface area contributed by atoms with Crippen molar-refractivity contribution in [3.63, 3.8) is 0 Å². The molecule has 0 aromatic carbocycles. The van der Waals surface area contributed by atoms with Crippen LogP contribution >= 0.6 is 11.3 Å². The standard InChI is InChI=1S/C13H12N4O2S/c1-6-4-7(2)17(16-6)11-9-8(3)10(13(18)19)20-12(9)15-5-14-11/h4-5H,1-3H3,(H,18,19). The monoisotopic (exact) mass is 288 g/mol. The van der Waals surface area contributed by atoms with Gasteiger partial charge in [-0.3, -0.25) is 0 Å². The van der Waals surface area contributed by atoms with Crippen molar-refractivity contribution in [2.45, 2.75) is 20.8 Å². The molecule has 0 atom stereocenters. The van der Waals surface area contributed by atoms with Crippen molar-refractivity contribution in [1.82, 2.24) is 19.7 Å². The van der Waals surface area contributed by atoms with E-state index >= 15 is 0 Å². The van der Waals surface area contributed by atoms with Gasteiger partial charge in [-0.25, -0.2) is 19.4 Å². The lowest BCUT2D eigenvalue weighted by molar-refractivity contribution is 0.0701.